The third-order valence-corrected chi connectivity index (χ3v) is 5.92. The number of benzene rings is 3. The zero-order valence-electron chi connectivity index (χ0n) is 20.1. The van der Waals surface area contributed by atoms with Crippen molar-refractivity contribution < 1.29 is 4.79 Å². The fourth-order valence-corrected chi connectivity index (χ4v) is 4.11. The summed E-state index contributed by atoms with van der Waals surface area (Å²) < 4.78 is 3.42. The number of hydrogen-bond acceptors (Lipinski definition) is 4. The molecule has 0 fully saturated rings. The Labute approximate surface area is 208 Å². The fourth-order valence-electron chi connectivity index (χ4n) is 4.11. The van der Waals surface area contributed by atoms with Crippen LogP contribution in [-0.4, -0.2) is 37.4 Å². The number of nitrogens with zero attached hydrogens (tertiary/aromatic N) is 5. The van der Waals surface area contributed by atoms with Crippen LogP contribution in [0.1, 0.15) is 21.7 Å². The maximum atomic E-state index is 13.4. The van der Waals surface area contributed by atoms with Gasteiger partial charge in [-0.2, -0.15) is 10.2 Å². The lowest BCUT2D eigenvalue weighted by Crippen LogP contribution is -2.33. The average molecular weight is 476 g/mol. The number of aryl methyl sites for hydroxylation is 1. The van der Waals surface area contributed by atoms with Gasteiger partial charge in [0.15, 0.2) is 5.69 Å². The van der Waals surface area contributed by atoms with Gasteiger partial charge in [0.25, 0.3) is 5.91 Å². The summed E-state index contributed by atoms with van der Waals surface area (Å²) in [6.07, 6.45) is 1.92. The summed E-state index contributed by atoms with van der Waals surface area (Å²) in [4.78, 5) is 27.7. The van der Waals surface area contributed by atoms with Crippen LogP contribution < -0.4 is 5.43 Å². The second kappa shape index (κ2) is 9.84. The molecular formula is C29H25N5O2. The number of aromatic nitrogens is 4. The highest BCUT2D eigenvalue weighted by Gasteiger charge is 2.22. The molecule has 0 bridgehead atoms. The minimum absolute atomic E-state index is 0.122. The Morgan fingerprint density at radius 3 is 2.06 bits per heavy atom. The molecule has 0 aliphatic rings. The van der Waals surface area contributed by atoms with E-state index in [1.807, 2.05) is 102 Å². The van der Waals surface area contributed by atoms with Crippen molar-refractivity contribution in [2.75, 3.05) is 7.05 Å². The normalized spacial score (nSPS) is 10.8. The Kier molecular flexibility index (Phi) is 6.28. The van der Waals surface area contributed by atoms with Crippen molar-refractivity contribution >= 4 is 5.91 Å². The number of para-hydroxylation sites is 2. The molecule has 3 aromatic carbocycles. The quantitative estimate of drug-likeness (QED) is 0.358. The first-order chi connectivity index (χ1) is 17.5. The molecule has 5 aromatic rings. The van der Waals surface area contributed by atoms with E-state index in [1.165, 1.54) is 11.0 Å². The van der Waals surface area contributed by atoms with Crippen molar-refractivity contribution in [3.8, 4) is 22.6 Å². The SMILES string of the molecule is Cc1cc(=O)c(C(=O)N(C)Cc2cn(-c3ccccc3)nc2-c2ccccc2)nn1-c1ccccc1. The predicted molar refractivity (Wildman–Crippen MR) is 139 cm³/mol. The Morgan fingerprint density at radius 1 is 0.833 bits per heavy atom. The molecular weight excluding hydrogens is 450 g/mol. The van der Waals surface area contributed by atoms with Gasteiger partial charge in [0, 0.05) is 42.7 Å². The molecule has 5 rings (SSSR count). The fraction of sp³-hybridized carbons (Fsp3) is 0.103. The van der Waals surface area contributed by atoms with Gasteiger partial charge in [0.1, 0.15) is 0 Å². The zero-order valence-corrected chi connectivity index (χ0v) is 20.1. The van der Waals surface area contributed by atoms with E-state index < -0.39 is 11.3 Å². The molecule has 0 aliphatic heterocycles. The molecule has 7 nitrogen and oxygen atoms in total. The Hall–Kier alpha value is -4.78. The number of carbonyl (C=O) groups excluding carboxylic acids is 1. The maximum Gasteiger partial charge on any atom is 0.278 e. The molecule has 2 heterocycles. The van der Waals surface area contributed by atoms with Crippen molar-refractivity contribution in [1.82, 2.24) is 24.5 Å². The standard InChI is InChI=1S/C29H25N5O2/c1-21-18-26(35)28(31-34(21)25-16-10-5-11-17-25)29(36)32(2)19-23-20-33(24-14-8-4-9-15-24)30-27(23)22-12-6-3-7-13-22/h3-18,20H,19H2,1-2H3. The maximum absolute atomic E-state index is 13.4. The first kappa shape index (κ1) is 23.0. The number of carbonyl (C=O) groups is 1. The summed E-state index contributed by atoms with van der Waals surface area (Å²) in [6.45, 7) is 2.06. The van der Waals surface area contributed by atoms with E-state index in [9.17, 15) is 9.59 Å². The molecule has 1 amide bonds. The Morgan fingerprint density at radius 2 is 1.42 bits per heavy atom. The van der Waals surface area contributed by atoms with Crippen molar-refractivity contribution in [3.63, 3.8) is 0 Å². The number of rotatable bonds is 6. The van der Waals surface area contributed by atoms with E-state index in [4.69, 9.17) is 5.10 Å². The van der Waals surface area contributed by atoms with E-state index in [-0.39, 0.29) is 12.2 Å². The molecule has 36 heavy (non-hydrogen) atoms. The van der Waals surface area contributed by atoms with Gasteiger partial charge in [-0.3, -0.25) is 9.59 Å². The molecule has 0 unspecified atom stereocenters. The molecule has 178 valence electrons. The summed E-state index contributed by atoms with van der Waals surface area (Å²) in [7, 11) is 1.67. The van der Waals surface area contributed by atoms with E-state index >= 15 is 0 Å². The lowest BCUT2D eigenvalue weighted by atomic mass is 10.1. The van der Waals surface area contributed by atoms with E-state index in [1.54, 1.807) is 18.7 Å². The predicted octanol–water partition coefficient (Wildman–Crippen LogP) is 4.67. The first-order valence-corrected chi connectivity index (χ1v) is 11.6. The molecule has 0 radical (unpaired) electrons. The van der Waals surface area contributed by atoms with Crippen LogP contribution in [0.2, 0.25) is 0 Å². The van der Waals surface area contributed by atoms with Gasteiger partial charge >= 0.3 is 0 Å². The van der Waals surface area contributed by atoms with E-state index in [0.717, 1.165) is 28.2 Å². The van der Waals surface area contributed by atoms with Crippen LogP contribution in [0.3, 0.4) is 0 Å². The van der Waals surface area contributed by atoms with Crippen LogP contribution in [0, 0.1) is 6.92 Å². The number of hydrogen-bond donors (Lipinski definition) is 0. The van der Waals surface area contributed by atoms with Crippen LogP contribution >= 0.6 is 0 Å². The smallest absolute Gasteiger partial charge is 0.278 e. The van der Waals surface area contributed by atoms with Crippen molar-refractivity contribution in [1.29, 1.82) is 0 Å². The third kappa shape index (κ3) is 4.59. The first-order valence-electron chi connectivity index (χ1n) is 11.6. The summed E-state index contributed by atoms with van der Waals surface area (Å²) in [5.74, 6) is -0.448. The molecule has 2 aromatic heterocycles. The number of amides is 1. The highest BCUT2D eigenvalue weighted by molar-refractivity contribution is 5.92. The minimum atomic E-state index is -0.448. The summed E-state index contributed by atoms with van der Waals surface area (Å²) in [5.41, 5.74) is 4.41. The lowest BCUT2D eigenvalue weighted by Gasteiger charge is -2.18. The zero-order chi connectivity index (χ0) is 25.1. The van der Waals surface area contributed by atoms with Crippen LogP contribution in [0.5, 0.6) is 0 Å². The third-order valence-electron chi connectivity index (χ3n) is 5.92. The topological polar surface area (TPSA) is 73.0 Å². The van der Waals surface area contributed by atoms with Gasteiger partial charge < -0.3 is 4.90 Å². The van der Waals surface area contributed by atoms with Crippen LogP contribution in [0.4, 0.5) is 0 Å². The van der Waals surface area contributed by atoms with E-state index in [0.29, 0.717) is 5.69 Å². The van der Waals surface area contributed by atoms with Crippen molar-refractivity contribution in [2.24, 2.45) is 0 Å². The molecule has 7 heteroatoms. The molecule has 0 aliphatic carbocycles. The van der Waals surface area contributed by atoms with Crippen LogP contribution in [-0.2, 0) is 6.54 Å². The van der Waals surface area contributed by atoms with E-state index in [2.05, 4.69) is 5.10 Å². The highest BCUT2D eigenvalue weighted by Crippen LogP contribution is 2.25. The van der Waals surface area contributed by atoms with Crippen molar-refractivity contribution in [3.05, 3.63) is 130 Å². The minimum Gasteiger partial charge on any atom is -0.336 e. The highest BCUT2D eigenvalue weighted by atomic mass is 16.2. The molecule has 0 spiro atoms. The van der Waals surface area contributed by atoms with Gasteiger partial charge in [-0.05, 0) is 31.2 Å². The van der Waals surface area contributed by atoms with Crippen molar-refractivity contribution in [2.45, 2.75) is 13.5 Å². The van der Waals surface area contributed by atoms with Gasteiger partial charge in [0.05, 0.1) is 17.1 Å². The second-order valence-electron chi connectivity index (χ2n) is 8.56. The Bertz CT molecular complexity index is 1560. The summed E-state index contributed by atoms with van der Waals surface area (Å²) >= 11 is 0. The molecule has 0 atom stereocenters. The van der Waals surface area contributed by atoms with Gasteiger partial charge in [-0.15, -0.1) is 0 Å². The molecule has 0 saturated carbocycles. The van der Waals surface area contributed by atoms with Gasteiger partial charge in [-0.25, -0.2) is 9.36 Å². The Balaban J connectivity index is 1.50. The average Bonchev–Trinajstić information content (AvgIpc) is 3.33. The monoisotopic (exact) mass is 475 g/mol. The van der Waals surface area contributed by atoms with Crippen LogP contribution in [0.25, 0.3) is 22.6 Å². The molecule has 0 saturated heterocycles. The largest absolute Gasteiger partial charge is 0.336 e. The van der Waals surface area contributed by atoms with Gasteiger partial charge in [-0.1, -0.05) is 66.7 Å². The van der Waals surface area contributed by atoms with Gasteiger partial charge in [0.2, 0.25) is 5.43 Å². The van der Waals surface area contributed by atoms with Crippen LogP contribution in [0.15, 0.2) is 108 Å². The summed E-state index contributed by atoms with van der Waals surface area (Å²) in [6, 6.07) is 30.5. The lowest BCUT2D eigenvalue weighted by molar-refractivity contribution is 0.0776. The summed E-state index contributed by atoms with van der Waals surface area (Å²) in [5, 5.41) is 9.25. The second-order valence-corrected chi connectivity index (χ2v) is 8.56. The molecule has 0 N–H and O–H groups in total.